The van der Waals surface area contributed by atoms with Crippen LogP contribution in [0, 0.1) is 0 Å². The van der Waals surface area contributed by atoms with E-state index in [0.717, 1.165) is 99.9 Å². The second-order valence-electron chi connectivity index (χ2n) is 16.7. The average molecular weight is 871 g/mol. The van der Waals surface area contributed by atoms with Crippen molar-refractivity contribution in [3.05, 3.63) is 231 Å². The molecule has 0 saturated carbocycles. The van der Waals surface area contributed by atoms with Gasteiger partial charge in [0, 0.05) is 54.9 Å². The average Bonchev–Trinajstić information content (AvgIpc) is 3.95. The molecular formula is C60H38N8. The van der Waals surface area contributed by atoms with Crippen molar-refractivity contribution in [1.82, 2.24) is 39.0 Å². The number of para-hydroxylation sites is 2. The molecule has 318 valence electrons. The summed E-state index contributed by atoms with van der Waals surface area (Å²) in [5.41, 5.74) is 12.2. The molecule has 13 aromatic rings. The molecule has 0 unspecified atom stereocenters. The Hall–Kier alpha value is -9.40. The van der Waals surface area contributed by atoms with Crippen molar-refractivity contribution in [2.45, 2.75) is 0 Å². The highest BCUT2D eigenvalue weighted by molar-refractivity contribution is 6.23. The van der Waals surface area contributed by atoms with Gasteiger partial charge >= 0.3 is 0 Å². The molecule has 0 atom stereocenters. The summed E-state index contributed by atoms with van der Waals surface area (Å²) in [5.74, 6) is 2.99. The van der Waals surface area contributed by atoms with E-state index in [2.05, 4.69) is 137 Å². The first-order chi connectivity index (χ1) is 33.7. The molecule has 0 fully saturated rings. The van der Waals surface area contributed by atoms with E-state index in [0.29, 0.717) is 23.4 Å². The zero-order valence-electron chi connectivity index (χ0n) is 36.5. The molecule has 0 N–H and O–H groups in total. The maximum absolute atomic E-state index is 5.43. The number of pyridine rings is 1. The van der Waals surface area contributed by atoms with E-state index in [1.807, 2.05) is 103 Å². The molecule has 8 nitrogen and oxygen atoms in total. The van der Waals surface area contributed by atoms with Crippen LogP contribution in [0.3, 0.4) is 0 Å². The van der Waals surface area contributed by atoms with Gasteiger partial charge in [0.05, 0.1) is 39.1 Å². The monoisotopic (exact) mass is 870 g/mol. The Morgan fingerprint density at radius 3 is 1.25 bits per heavy atom. The molecule has 8 heteroatoms. The standard InChI is InChI=1S/C60H38N8/c1-5-19-39(20-6-1)49-31-18-34-54(61-49)67-52-32-15-13-29-45(52)47-35-36-48-46-30-14-16-33-53(46)68(56(48)55(47)67)60-65-57(42-25-11-4-12-26-42)64-59(66-60)44-28-17-27-43(37-44)58-62-50(40-21-7-2-8-22-40)38-51(63-58)41-23-9-3-10-24-41/h1-38H. The van der Waals surface area contributed by atoms with Gasteiger partial charge in [-0.1, -0.05) is 194 Å². The van der Waals surface area contributed by atoms with Crippen LogP contribution in [-0.2, 0) is 0 Å². The highest BCUT2D eigenvalue weighted by atomic mass is 15.2. The van der Waals surface area contributed by atoms with Crippen LogP contribution in [-0.4, -0.2) is 39.0 Å². The summed E-state index contributed by atoms with van der Waals surface area (Å²) in [7, 11) is 0. The van der Waals surface area contributed by atoms with E-state index in [4.69, 9.17) is 29.9 Å². The van der Waals surface area contributed by atoms with Gasteiger partial charge in [-0.25, -0.2) is 19.9 Å². The lowest BCUT2D eigenvalue weighted by atomic mass is 10.1. The molecule has 0 amide bonds. The highest BCUT2D eigenvalue weighted by Crippen LogP contribution is 2.42. The number of fused-ring (bicyclic) bond motifs is 7. The van der Waals surface area contributed by atoms with Gasteiger partial charge in [-0.05, 0) is 36.4 Å². The van der Waals surface area contributed by atoms with Crippen molar-refractivity contribution in [2.24, 2.45) is 0 Å². The summed E-state index contributed by atoms with van der Waals surface area (Å²) in [6.07, 6.45) is 0. The van der Waals surface area contributed by atoms with E-state index < -0.39 is 0 Å². The Labute approximate surface area is 391 Å². The van der Waals surface area contributed by atoms with Crippen molar-refractivity contribution in [2.75, 3.05) is 0 Å². The maximum Gasteiger partial charge on any atom is 0.238 e. The first-order valence-corrected chi connectivity index (χ1v) is 22.6. The molecule has 0 bridgehead atoms. The molecule has 0 aliphatic rings. The van der Waals surface area contributed by atoms with Gasteiger partial charge in [-0.3, -0.25) is 9.13 Å². The molecule has 0 aliphatic heterocycles. The van der Waals surface area contributed by atoms with Crippen molar-refractivity contribution in [3.8, 4) is 79.7 Å². The number of hydrogen-bond acceptors (Lipinski definition) is 6. The Balaban J connectivity index is 1.06. The van der Waals surface area contributed by atoms with Gasteiger partial charge in [0.2, 0.25) is 5.95 Å². The summed E-state index contributed by atoms with van der Waals surface area (Å²) < 4.78 is 4.51. The van der Waals surface area contributed by atoms with E-state index in [1.165, 1.54) is 0 Å². The Kier molecular flexibility index (Phi) is 9.31. The van der Waals surface area contributed by atoms with Crippen molar-refractivity contribution < 1.29 is 0 Å². The Morgan fingerprint density at radius 1 is 0.250 bits per heavy atom. The fourth-order valence-corrected chi connectivity index (χ4v) is 9.46. The third kappa shape index (κ3) is 6.70. The zero-order chi connectivity index (χ0) is 45.0. The van der Waals surface area contributed by atoms with E-state index in [-0.39, 0.29) is 0 Å². The SMILES string of the molecule is c1ccc(-c2cccc(-n3c4ccccc4c4ccc5c6ccccc6n(-c6nc(-c7ccccc7)nc(-c7cccc(-c8nc(-c9ccccc9)cc(-c9ccccc9)n8)c7)n6)c5c43)n2)cc1. The fourth-order valence-electron chi connectivity index (χ4n) is 9.46. The second-order valence-corrected chi connectivity index (χ2v) is 16.7. The van der Waals surface area contributed by atoms with Crippen molar-refractivity contribution in [3.63, 3.8) is 0 Å². The molecular weight excluding hydrogens is 833 g/mol. The van der Waals surface area contributed by atoms with Gasteiger partial charge in [-0.2, -0.15) is 9.97 Å². The molecule has 0 aliphatic carbocycles. The van der Waals surface area contributed by atoms with Gasteiger partial charge in [0.25, 0.3) is 0 Å². The van der Waals surface area contributed by atoms with Gasteiger partial charge < -0.3 is 0 Å². The molecule has 13 rings (SSSR count). The van der Waals surface area contributed by atoms with Crippen LogP contribution in [0.15, 0.2) is 231 Å². The molecule has 68 heavy (non-hydrogen) atoms. The first kappa shape index (κ1) is 39.0. The lowest BCUT2D eigenvalue weighted by Gasteiger charge is -2.14. The number of benzene rings is 8. The molecule has 0 saturated heterocycles. The third-order valence-electron chi connectivity index (χ3n) is 12.6. The van der Waals surface area contributed by atoms with Crippen LogP contribution >= 0.6 is 0 Å². The second kappa shape index (κ2) is 16.2. The third-order valence-corrected chi connectivity index (χ3v) is 12.6. The van der Waals surface area contributed by atoms with Crippen LogP contribution in [0.25, 0.3) is 123 Å². The number of rotatable bonds is 8. The zero-order valence-corrected chi connectivity index (χ0v) is 36.5. The summed E-state index contributed by atoms with van der Waals surface area (Å²) in [6, 6.07) is 79.0. The topological polar surface area (TPSA) is 87.2 Å². The summed E-state index contributed by atoms with van der Waals surface area (Å²) in [4.78, 5) is 31.6. The van der Waals surface area contributed by atoms with E-state index in [9.17, 15) is 0 Å². The van der Waals surface area contributed by atoms with Crippen molar-refractivity contribution in [1.29, 1.82) is 0 Å². The van der Waals surface area contributed by atoms with Crippen LogP contribution < -0.4 is 0 Å². The normalized spacial score (nSPS) is 11.5. The van der Waals surface area contributed by atoms with E-state index in [1.54, 1.807) is 0 Å². The smallest absolute Gasteiger partial charge is 0.238 e. The molecule has 8 aromatic carbocycles. The van der Waals surface area contributed by atoms with Gasteiger partial charge in [0.1, 0.15) is 5.82 Å². The summed E-state index contributed by atoms with van der Waals surface area (Å²) in [6.45, 7) is 0. The van der Waals surface area contributed by atoms with Crippen LogP contribution in [0.5, 0.6) is 0 Å². The van der Waals surface area contributed by atoms with Crippen LogP contribution in [0.1, 0.15) is 0 Å². The predicted octanol–water partition coefficient (Wildman–Crippen LogP) is 14.3. The Morgan fingerprint density at radius 2 is 0.676 bits per heavy atom. The Bertz CT molecular complexity index is 3960. The van der Waals surface area contributed by atoms with Gasteiger partial charge in [0.15, 0.2) is 17.5 Å². The molecule has 5 aromatic heterocycles. The van der Waals surface area contributed by atoms with Crippen molar-refractivity contribution >= 4 is 43.6 Å². The largest absolute Gasteiger partial charge is 0.292 e. The minimum atomic E-state index is 0.495. The number of hydrogen-bond donors (Lipinski definition) is 0. The van der Waals surface area contributed by atoms with Crippen LogP contribution in [0.2, 0.25) is 0 Å². The summed E-state index contributed by atoms with van der Waals surface area (Å²) in [5, 5.41) is 4.38. The lowest BCUT2D eigenvalue weighted by Crippen LogP contribution is -2.07. The molecule has 0 spiro atoms. The first-order valence-electron chi connectivity index (χ1n) is 22.6. The number of nitrogens with zero attached hydrogens (tertiary/aromatic N) is 8. The fraction of sp³-hybridized carbons (Fsp3) is 0. The van der Waals surface area contributed by atoms with E-state index >= 15 is 0 Å². The number of aromatic nitrogens is 8. The molecule has 5 heterocycles. The molecule has 0 radical (unpaired) electrons. The van der Waals surface area contributed by atoms with Crippen LogP contribution in [0.4, 0.5) is 0 Å². The summed E-state index contributed by atoms with van der Waals surface area (Å²) >= 11 is 0. The highest BCUT2D eigenvalue weighted by Gasteiger charge is 2.24. The minimum Gasteiger partial charge on any atom is -0.292 e. The lowest BCUT2D eigenvalue weighted by molar-refractivity contribution is 0.952. The van der Waals surface area contributed by atoms with Gasteiger partial charge in [-0.15, -0.1) is 0 Å². The maximum atomic E-state index is 5.43. The predicted molar refractivity (Wildman–Crippen MR) is 275 cm³/mol. The quantitative estimate of drug-likeness (QED) is 0.151. The minimum absolute atomic E-state index is 0.495.